The van der Waals surface area contributed by atoms with Crippen LogP contribution in [0.4, 0.5) is 0 Å². The lowest BCUT2D eigenvalue weighted by molar-refractivity contribution is 0.590. The summed E-state index contributed by atoms with van der Waals surface area (Å²) in [6, 6.07) is 3.52. The van der Waals surface area contributed by atoms with Crippen LogP contribution in [-0.2, 0) is 16.4 Å². The molecule has 0 saturated heterocycles. The first-order valence-corrected chi connectivity index (χ1v) is 7.13. The van der Waals surface area contributed by atoms with Gasteiger partial charge in [0.05, 0.1) is 0 Å². The molecule has 0 aliphatic carbocycles. The topological polar surface area (TPSA) is 58.2 Å². The Morgan fingerprint density at radius 2 is 2.13 bits per heavy atom. The average Bonchev–Trinajstić information content (AvgIpc) is 2.68. The fourth-order valence-corrected chi connectivity index (χ4v) is 3.32. The van der Waals surface area contributed by atoms with E-state index in [1.807, 2.05) is 13.0 Å². The summed E-state index contributed by atoms with van der Waals surface area (Å²) in [5, 5.41) is 3.20. The highest BCUT2D eigenvalue weighted by atomic mass is 32.2. The Morgan fingerprint density at radius 3 is 2.73 bits per heavy atom. The minimum absolute atomic E-state index is 0.386. The van der Waals surface area contributed by atoms with E-state index in [1.165, 1.54) is 18.4 Å². The second-order valence-electron chi connectivity index (χ2n) is 3.03. The van der Waals surface area contributed by atoms with Crippen LogP contribution in [0.2, 0.25) is 0 Å². The minimum atomic E-state index is -3.26. The van der Waals surface area contributed by atoms with E-state index in [4.69, 9.17) is 0 Å². The van der Waals surface area contributed by atoms with E-state index in [9.17, 15) is 8.42 Å². The number of likely N-dealkylation sites (N-methyl/N-ethyl adjacent to an activating group) is 1. The average molecular weight is 248 g/mol. The van der Waals surface area contributed by atoms with Gasteiger partial charge in [-0.3, -0.25) is 0 Å². The van der Waals surface area contributed by atoms with Crippen LogP contribution in [-0.4, -0.2) is 28.6 Å². The Labute approximate surface area is 94.8 Å². The third-order valence-electron chi connectivity index (χ3n) is 1.97. The van der Waals surface area contributed by atoms with Gasteiger partial charge in [0, 0.05) is 4.88 Å². The molecule has 15 heavy (non-hydrogen) atoms. The molecule has 0 bridgehead atoms. The van der Waals surface area contributed by atoms with Gasteiger partial charge in [-0.2, -0.15) is 0 Å². The molecule has 0 fully saturated rings. The molecule has 0 spiro atoms. The SMILES string of the molecule is CCNCCc1ccc(S(=O)(=O)NC)s1. The van der Waals surface area contributed by atoms with Crippen molar-refractivity contribution in [1.29, 1.82) is 0 Å². The number of nitrogens with one attached hydrogen (secondary N) is 2. The Morgan fingerprint density at radius 1 is 1.40 bits per heavy atom. The van der Waals surface area contributed by atoms with Crippen LogP contribution in [0.1, 0.15) is 11.8 Å². The molecule has 0 unspecified atom stereocenters. The van der Waals surface area contributed by atoms with Gasteiger partial charge in [-0.1, -0.05) is 6.92 Å². The van der Waals surface area contributed by atoms with Crippen LogP contribution in [0.15, 0.2) is 16.3 Å². The number of sulfonamides is 1. The quantitative estimate of drug-likeness (QED) is 0.732. The summed E-state index contributed by atoms with van der Waals surface area (Å²) in [5.74, 6) is 0. The fourth-order valence-electron chi connectivity index (χ4n) is 1.13. The summed E-state index contributed by atoms with van der Waals surface area (Å²) in [6.07, 6.45) is 0.873. The van der Waals surface area contributed by atoms with Gasteiger partial charge in [0.2, 0.25) is 10.0 Å². The molecule has 2 N–H and O–H groups in total. The molecule has 0 aliphatic heterocycles. The second kappa shape index (κ2) is 5.60. The van der Waals surface area contributed by atoms with Gasteiger partial charge in [0.25, 0.3) is 0 Å². The first-order valence-electron chi connectivity index (χ1n) is 4.83. The molecule has 1 heterocycles. The maximum absolute atomic E-state index is 11.4. The predicted octanol–water partition coefficient (Wildman–Crippen LogP) is 0.808. The van der Waals surface area contributed by atoms with E-state index < -0.39 is 10.0 Å². The third-order valence-corrected chi connectivity index (χ3v) is 5.02. The molecule has 0 aromatic carbocycles. The minimum Gasteiger partial charge on any atom is -0.317 e. The Bertz CT molecular complexity index is 398. The summed E-state index contributed by atoms with van der Waals surface area (Å²) in [6.45, 7) is 3.87. The van der Waals surface area contributed by atoms with Gasteiger partial charge in [-0.25, -0.2) is 13.1 Å². The fraction of sp³-hybridized carbons (Fsp3) is 0.556. The molecule has 0 radical (unpaired) electrons. The van der Waals surface area contributed by atoms with Crippen molar-refractivity contribution >= 4 is 21.4 Å². The van der Waals surface area contributed by atoms with Crippen molar-refractivity contribution in [1.82, 2.24) is 10.0 Å². The number of thiophene rings is 1. The van der Waals surface area contributed by atoms with Gasteiger partial charge >= 0.3 is 0 Å². The van der Waals surface area contributed by atoms with Crippen LogP contribution < -0.4 is 10.0 Å². The van der Waals surface area contributed by atoms with E-state index in [1.54, 1.807) is 6.07 Å². The molecular formula is C9H16N2O2S2. The lowest BCUT2D eigenvalue weighted by Gasteiger charge is -1.98. The normalized spacial score (nSPS) is 11.9. The monoisotopic (exact) mass is 248 g/mol. The maximum atomic E-state index is 11.4. The van der Waals surface area contributed by atoms with Crippen molar-refractivity contribution in [3.05, 3.63) is 17.0 Å². The van der Waals surface area contributed by atoms with Crippen molar-refractivity contribution in [3.63, 3.8) is 0 Å². The molecule has 1 rings (SSSR count). The first-order chi connectivity index (χ1) is 7.10. The molecule has 86 valence electrons. The lowest BCUT2D eigenvalue weighted by atomic mass is 10.3. The molecule has 1 aromatic heterocycles. The van der Waals surface area contributed by atoms with Gasteiger partial charge in [0.1, 0.15) is 4.21 Å². The molecule has 0 amide bonds. The molecule has 0 aliphatic rings. The number of hydrogen-bond acceptors (Lipinski definition) is 4. The third kappa shape index (κ3) is 3.57. The largest absolute Gasteiger partial charge is 0.317 e. The van der Waals surface area contributed by atoms with Crippen molar-refractivity contribution in [2.75, 3.05) is 20.1 Å². The number of rotatable bonds is 6. The predicted molar refractivity (Wildman–Crippen MR) is 62.8 cm³/mol. The first kappa shape index (κ1) is 12.6. The molecule has 4 nitrogen and oxygen atoms in total. The van der Waals surface area contributed by atoms with Crippen molar-refractivity contribution in [2.24, 2.45) is 0 Å². The van der Waals surface area contributed by atoms with Crippen LogP contribution in [0.3, 0.4) is 0 Å². The summed E-state index contributed by atoms with van der Waals surface area (Å²) < 4.78 is 25.5. The zero-order chi connectivity index (χ0) is 11.3. The van der Waals surface area contributed by atoms with E-state index in [2.05, 4.69) is 10.0 Å². The molecule has 1 aromatic rings. The van der Waals surface area contributed by atoms with Crippen molar-refractivity contribution in [3.8, 4) is 0 Å². The second-order valence-corrected chi connectivity index (χ2v) is 6.31. The highest BCUT2D eigenvalue weighted by Crippen LogP contribution is 2.21. The molecule has 0 saturated carbocycles. The maximum Gasteiger partial charge on any atom is 0.249 e. The van der Waals surface area contributed by atoms with E-state index in [0.29, 0.717) is 4.21 Å². The van der Waals surface area contributed by atoms with Gasteiger partial charge < -0.3 is 5.32 Å². The van der Waals surface area contributed by atoms with Gasteiger partial charge in [-0.05, 0) is 38.7 Å². The van der Waals surface area contributed by atoms with E-state index in [-0.39, 0.29) is 0 Å². The summed E-state index contributed by atoms with van der Waals surface area (Å²) in [4.78, 5) is 1.09. The van der Waals surface area contributed by atoms with E-state index >= 15 is 0 Å². The standard InChI is InChI=1S/C9H16N2O2S2/c1-3-11-7-6-8-4-5-9(14-8)15(12,13)10-2/h4-5,10-11H,3,6-7H2,1-2H3. The zero-order valence-electron chi connectivity index (χ0n) is 8.91. The highest BCUT2D eigenvalue weighted by Gasteiger charge is 2.13. The smallest absolute Gasteiger partial charge is 0.249 e. The van der Waals surface area contributed by atoms with Gasteiger partial charge in [0.15, 0.2) is 0 Å². The van der Waals surface area contributed by atoms with E-state index in [0.717, 1.165) is 24.4 Å². The zero-order valence-corrected chi connectivity index (χ0v) is 10.5. The molecular weight excluding hydrogens is 232 g/mol. The lowest BCUT2D eigenvalue weighted by Crippen LogP contribution is -2.17. The van der Waals surface area contributed by atoms with Crippen LogP contribution in [0.25, 0.3) is 0 Å². The van der Waals surface area contributed by atoms with Crippen LogP contribution in [0, 0.1) is 0 Å². The Kier molecular flexibility index (Phi) is 4.72. The molecule has 0 atom stereocenters. The Hall–Kier alpha value is -0.430. The summed E-state index contributed by atoms with van der Waals surface area (Å²) >= 11 is 1.32. The van der Waals surface area contributed by atoms with Gasteiger partial charge in [-0.15, -0.1) is 11.3 Å². The van der Waals surface area contributed by atoms with Crippen molar-refractivity contribution < 1.29 is 8.42 Å². The Balaban J connectivity index is 2.65. The summed E-state index contributed by atoms with van der Waals surface area (Å²) in [5.41, 5.74) is 0. The number of hydrogen-bond donors (Lipinski definition) is 2. The van der Waals surface area contributed by atoms with Crippen molar-refractivity contribution in [2.45, 2.75) is 17.6 Å². The molecule has 6 heteroatoms. The van der Waals surface area contributed by atoms with Crippen LogP contribution in [0.5, 0.6) is 0 Å². The summed E-state index contributed by atoms with van der Waals surface area (Å²) in [7, 11) is -1.84. The van der Waals surface area contributed by atoms with Crippen LogP contribution >= 0.6 is 11.3 Å². The highest BCUT2D eigenvalue weighted by molar-refractivity contribution is 7.91.